The number of carbonyl (C=O) groups is 2. The van der Waals surface area contributed by atoms with Crippen LogP contribution in [0.25, 0.3) is 5.57 Å². The number of morpholine rings is 1. The molecule has 1 saturated heterocycles. The zero-order chi connectivity index (χ0) is 19.8. The fraction of sp³-hybridized carbons (Fsp3) is 0.273. The molecule has 0 aliphatic carbocycles. The molecule has 0 N–H and O–H groups in total. The summed E-state index contributed by atoms with van der Waals surface area (Å²) in [5.74, 6) is -1.59. The molecule has 0 unspecified atom stereocenters. The third-order valence-corrected chi connectivity index (χ3v) is 5.13. The summed E-state index contributed by atoms with van der Waals surface area (Å²) in [6.07, 6.45) is 0. The lowest BCUT2D eigenvalue weighted by Crippen LogP contribution is -2.40. The smallest absolute Gasteiger partial charge is 0.282 e. The standard InChI is InChI=1S/C22H21FN2O3/c1-14-7-8-16(15(2)13-14)19-20(24-9-11-28-12-10-24)22(27)25(21(19)26)18-6-4-3-5-17(18)23/h3-8,13H,9-12H2,1-2H3. The first kappa shape index (κ1) is 18.4. The summed E-state index contributed by atoms with van der Waals surface area (Å²) in [6, 6.07) is 11.6. The Morgan fingerprint density at radius 1 is 0.964 bits per heavy atom. The monoisotopic (exact) mass is 380 g/mol. The summed E-state index contributed by atoms with van der Waals surface area (Å²) in [6.45, 7) is 5.86. The van der Waals surface area contributed by atoms with Gasteiger partial charge in [-0.25, -0.2) is 9.29 Å². The summed E-state index contributed by atoms with van der Waals surface area (Å²) in [5, 5.41) is 0. The van der Waals surface area contributed by atoms with Crippen molar-refractivity contribution in [1.82, 2.24) is 4.90 Å². The van der Waals surface area contributed by atoms with Gasteiger partial charge >= 0.3 is 0 Å². The zero-order valence-corrected chi connectivity index (χ0v) is 15.9. The number of carbonyl (C=O) groups excluding carboxylic acids is 2. The van der Waals surface area contributed by atoms with Crippen molar-refractivity contribution in [1.29, 1.82) is 0 Å². The summed E-state index contributed by atoms with van der Waals surface area (Å²) in [5.41, 5.74) is 3.29. The van der Waals surface area contributed by atoms with Crippen LogP contribution in [0.2, 0.25) is 0 Å². The van der Waals surface area contributed by atoms with Crippen molar-refractivity contribution < 1.29 is 18.7 Å². The van der Waals surface area contributed by atoms with Crippen molar-refractivity contribution in [2.24, 2.45) is 0 Å². The number of benzene rings is 2. The molecule has 28 heavy (non-hydrogen) atoms. The van der Waals surface area contributed by atoms with E-state index in [0.29, 0.717) is 43.1 Å². The van der Waals surface area contributed by atoms with Crippen LogP contribution < -0.4 is 4.90 Å². The van der Waals surface area contributed by atoms with E-state index in [1.807, 2.05) is 36.9 Å². The molecule has 0 radical (unpaired) electrons. The molecular formula is C22H21FN2O3. The predicted octanol–water partition coefficient (Wildman–Crippen LogP) is 3.06. The number of para-hydroxylation sites is 1. The van der Waals surface area contributed by atoms with Gasteiger partial charge in [-0.3, -0.25) is 9.59 Å². The Morgan fingerprint density at radius 3 is 2.36 bits per heavy atom. The van der Waals surface area contributed by atoms with E-state index in [1.54, 1.807) is 6.07 Å². The number of rotatable bonds is 3. The Balaban J connectivity index is 1.88. The number of hydrogen-bond acceptors (Lipinski definition) is 4. The van der Waals surface area contributed by atoms with Crippen LogP contribution in [0.3, 0.4) is 0 Å². The molecule has 0 aromatic heterocycles. The number of aryl methyl sites for hydroxylation is 2. The van der Waals surface area contributed by atoms with Crippen molar-refractivity contribution in [2.45, 2.75) is 13.8 Å². The second-order valence-electron chi connectivity index (χ2n) is 7.04. The van der Waals surface area contributed by atoms with Crippen LogP contribution in [0.4, 0.5) is 10.1 Å². The highest BCUT2D eigenvalue weighted by molar-refractivity contribution is 6.45. The number of hydrogen-bond donors (Lipinski definition) is 0. The Labute approximate surface area is 163 Å². The van der Waals surface area contributed by atoms with Gasteiger partial charge < -0.3 is 9.64 Å². The van der Waals surface area contributed by atoms with E-state index in [2.05, 4.69) is 0 Å². The highest BCUT2D eigenvalue weighted by Gasteiger charge is 2.43. The van der Waals surface area contributed by atoms with Gasteiger partial charge in [-0.1, -0.05) is 35.9 Å². The predicted molar refractivity (Wildman–Crippen MR) is 104 cm³/mol. The maximum Gasteiger partial charge on any atom is 0.282 e. The topological polar surface area (TPSA) is 49.9 Å². The van der Waals surface area contributed by atoms with Crippen LogP contribution in [-0.4, -0.2) is 43.0 Å². The highest BCUT2D eigenvalue weighted by Crippen LogP contribution is 2.37. The van der Waals surface area contributed by atoms with Crippen molar-refractivity contribution >= 4 is 23.1 Å². The van der Waals surface area contributed by atoms with Gasteiger partial charge in [0, 0.05) is 13.1 Å². The van der Waals surface area contributed by atoms with Crippen LogP contribution in [-0.2, 0) is 14.3 Å². The molecule has 2 amide bonds. The Hall–Kier alpha value is -2.99. The summed E-state index contributed by atoms with van der Waals surface area (Å²) in [7, 11) is 0. The first-order valence-corrected chi connectivity index (χ1v) is 9.27. The number of halogens is 1. The summed E-state index contributed by atoms with van der Waals surface area (Å²) >= 11 is 0. The molecule has 2 aliphatic heterocycles. The fourth-order valence-corrected chi connectivity index (χ4v) is 3.79. The third-order valence-electron chi connectivity index (χ3n) is 5.13. The molecule has 2 aromatic rings. The average molecular weight is 380 g/mol. The van der Waals surface area contributed by atoms with E-state index in [-0.39, 0.29) is 5.69 Å². The third kappa shape index (κ3) is 2.99. The molecule has 2 aromatic carbocycles. The molecule has 2 aliphatic rings. The molecule has 2 heterocycles. The molecule has 6 heteroatoms. The first-order valence-electron chi connectivity index (χ1n) is 9.27. The van der Waals surface area contributed by atoms with Gasteiger partial charge in [0.1, 0.15) is 11.5 Å². The number of amides is 2. The van der Waals surface area contributed by atoms with Crippen LogP contribution in [0, 0.1) is 19.7 Å². The lowest BCUT2D eigenvalue weighted by molar-refractivity contribution is -0.121. The van der Waals surface area contributed by atoms with Crippen molar-refractivity contribution in [3.63, 3.8) is 0 Å². The van der Waals surface area contributed by atoms with E-state index >= 15 is 0 Å². The maximum absolute atomic E-state index is 14.4. The largest absolute Gasteiger partial charge is 0.378 e. The van der Waals surface area contributed by atoms with Gasteiger partial charge in [-0.05, 0) is 37.1 Å². The summed E-state index contributed by atoms with van der Waals surface area (Å²) in [4.78, 5) is 29.5. The number of imide groups is 1. The SMILES string of the molecule is Cc1ccc(C2=C(N3CCOCC3)C(=O)N(c3ccccc3F)C2=O)c(C)c1. The van der Waals surface area contributed by atoms with Crippen LogP contribution >= 0.6 is 0 Å². The maximum atomic E-state index is 14.4. The van der Waals surface area contributed by atoms with Crippen molar-refractivity contribution in [3.8, 4) is 0 Å². The molecule has 5 nitrogen and oxygen atoms in total. The zero-order valence-electron chi connectivity index (χ0n) is 15.9. The van der Waals surface area contributed by atoms with Gasteiger partial charge in [0.15, 0.2) is 0 Å². The molecule has 144 valence electrons. The van der Waals surface area contributed by atoms with E-state index < -0.39 is 17.6 Å². The molecule has 0 atom stereocenters. The van der Waals surface area contributed by atoms with Crippen LogP contribution in [0.5, 0.6) is 0 Å². The fourth-order valence-electron chi connectivity index (χ4n) is 3.79. The van der Waals surface area contributed by atoms with Gasteiger partial charge in [-0.2, -0.15) is 0 Å². The molecule has 4 rings (SSSR count). The van der Waals surface area contributed by atoms with E-state index in [9.17, 15) is 14.0 Å². The normalized spacial score (nSPS) is 17.7. The van der Waals surface area contributed by atoms with Crippen molar-refractivity contribution in [2.75, 3.05) is 31.2 Å². The minimum Gasteiger partial charge on any atom is -0.378 e. The quantitative estimate of drug-likeness (QED) is 0.768. The molecule has 1 fully saturated rings. The van der Waals surface area contributed by atoms with Crippen LogP contribution in [0.1, 0.15) is 16.7 Å². The molecular weight excluding hydrogens is 359 g/mol. The highest BCUT2D eigenvalue weighted by atomic mass is 19.1. The first-order chi connectivity index (χ1) is 13.5. The Morgan fingerprint density at radius 2 is 1.68 bits per heavy atom. The molecule has 0 bridgehead atoms. The van der Waals surface area contributed by atoms with Gasteiger partial charge in [-0.15, -0.1) is 0 Å². The lowest BCUT2D eigenvalue weighted by atomic mass is 9.97. The lowest BCUT2D eigenvalue weighted by Gasteiger charge is -2.29. The van der Waals surface area contributed by atoms with E-state index in [4.69, 9.17) is 4.74 Å². The van der Waals surface area contributed by atoms with Crippen molar-refractivity contribution in [3.05, 3.63) is 70.7 Å². The van der Waals surface area contributed by atoms with E-state index in [0.717, 1.165) is 16.0 Å². The number of nitrogens with zero attached hydrogens (tertiary/aromatic N) is 2. The average Bonchev–Trinajstić information content (AvgIpc) is 2.93. The Bertz CT molecular complexity index is 993. The summed E-state index contributed by atoms with van der Waals surface area (Å²) < 4.78 is 19.8. The number of ether oxygens (including phenoxy) is 1. The second kappa shape index (κ2) is 7.20. The van der Waals surface area contributed by atoms with E-state index in [1.165, 1.54) is 18.2 Å². The van der Waals surface area contributed by atoms with Gasteiger partial charge in [0.25, 0.3) is 11.8 Å². The second-order valence-corrected chi connectivity index (χ2v) is 7.04. The van der Waals surface area contributed by atoms with Crippen LogP contribution in [0.15, 0.2) is 48.2 Å². The Kier molecular flexibility index (Phi) is 4.73. The number of anilines is 1. The minimum absolute atomic E-state index is 0.0250. The van der Waals surface area contributed by atoms with Gasteiger partial charge in [0.2, 0.25) is 0 Å². The minimum atomic E-state index is -0.604. The molecule has 0 saturated carbocycles. The van der Waals surface area contributed by atoms with Gasteiger partial charge in [0.05, 0.1) is 24.5 Å². The molecule has 0 spiro atoms.